The summed E-state index contributed by atoms with van der Waals surface area (Å²) in [5.41, 5.74) is 8.88. The van der Waals surface area contributed by atoms with Crippen LogP contribution in [0, 0.1) is 6.92 Å². The molecule has 0 radical (unpaired) electrons. The molecule has 58 heavy (non-hydrogen) atoms. The molecule has 0 aliphatic heterocycles. The summed E-state index contributed by atoms with van der Waals surface area (Å²) in [5, 5.41) is 6.71. The van der Waals surface area contributed by atoms with Gasteiger partial charge in [-0.3, -0.25) is 9.59 Å². The van der Waals surface area contributed by atoms with Crippen LogP contribution in [0.5, 0.6) is 34.5 Å². The minimum atomic E-state index is 0. The van der Waals surface area contributed by atoms with Gasteiger partial charge in [0.1, 0.15) is 0 Å². The molecule has 0 spiro atoms. The molecule has 2 aliphatic rings. The number of hydrogen-bond acceptors (Lipinski definition) is 11. The van der Waals surface area contributed by atoms with Crippen LogP contribution in [0.4, 0.5) is 0 Å². The van der Waals surface area contributed by atoms with Gasteiger partial charge in [-0.1, -0.05) is 53.3 Å². The molecule has 0 aromatic heterocycles. The third kappa shape index (κ3) is 10.1. The van der Waals surface area contributed by atoms with E-state index in [9.17, 15) is 9.59 Å². The zero-order chi connectivity index (χ0) is 41.1. The van der Waals surface area contributed by atoms with Crippen LogP contribution in [-0.2, 0) is 12.8 Å². The Bertz CT molecular complexity index is 2120. The number of ether oxygens (including phenoxy) is 6. The van der Waals surface area contributed by atoms with Crippen molar-refractivity contribution in [2.45, 2.75) is 84.7 Å². The van der Waals surface area contributed by atoms with Crippen molar-refractivity contribution in [2.24, 2.45) is 0 Å². The maximum atomic E-state index is 12.7. The average Bonchev–Trinajstić information content (AvgIpc) is 3.60. The minimum Gasteiger partial charge on any atom is -0.493 e. The average molecular weight is 819 g/mol. The molecule has 0 unspecified atom stereocenters. The van der Waals surface area contributed by atoms with Gasteiger partial charge in [0.15, 0.2) is 33.9 Å². The number of methoxy groups -OCH3 is 6. The Morgan fingerprint density at radius 3 is 1.36 bits per heavy atom. The van der Waals surface area contributed by atoms with E-state index < -0.39 is 0 Å². The monoisotopic (exact) mass is 818 g/mol. The van der Waals surface area contributed by atoms with Gasteiger partial charge in [0, 0.05) is 23.2 Å². The molecule has 2 N–H and O–H groups in total. The first-order chi connectivity index (χ1) is 27.0. The Morgan fingerprint density at radius 2 is 1.00 bits per heavy atom. The fraction of sp³-hybridized carbons (Fsp3) is 0.447. The van der Waals surface area contributed by atoms with E-state index in [1.54, 1.807) is 54.8 Å². The van der Waals surface area contributed by atoms with Gasteiger partial charge < -0.3 is 39.1 Å². The van der Waals surface area contributed by atoms with E-state index in [0.29, 0.717) is 40.1 Å². The van der Waals surface area contributed by atoms with E-state index in [0.717, 1.165) is 75.1 Å². The van der Waals surface area contributed by atoms with Crippen LogP contribution in [-0.4, -0.2) is 63.0 Å². The van der Waals surface area contributed by atoms with Crippen LogP contribution in [0.1, 0.15) is 87.9 Å². The summed E-state index contributed by atoms with van der Waals surface area (Å²) < 4.78 is 33.7. The molecule has 0 saturated heterocycles. The Morgan fingerprint density at radius 1 is 0.603 bits per heavy atom. The Kier molecular flexibility index (Phi) is 19.6. The lowest BCUT2D eigenvalue weighted by Crippen LogP contribution is -2.17. The molecule has 4 aromatic carbocycles. The zero-order valence-electron chi connectivity index (χ0n) is 35.0. The quantitative estimate of drug-likeness (QED) is 0.158. The molecule has 11 heteroatoms. The summed E-state index contributed by atoms with van der Waals surface area (Å²) in [5.74, 6) is 3.69. The highest BCUT2D eigenvalue weighted by molar-refractivity contribution is 7.98. The Balaban J connectivity index is 0.000000363. The van der Waals surface area contributed by atoms with E-state index >= 15 is 0 Å². The number of fused-ring (bicyclic) bond motifs is 6. The maximum absolute atomic E-state index is 12.7. The number of hydrogen-bond donors (Lipinski definition) is 2. The number of aryl methyl sites for hydroxylation is 3. The molecule has 0 saturated carbocycles. The summed E-state index contributed by atoms with van der Waals surface area (Å²) in [6.45, 7) is 6.09. The van der Waals surface area contributed by atoms with Gasteiger partial charge in [-0.15, -0.1) is 11.8 Å². The molecular weight excluding hydrogens is 753 g/mol. The van der Waals surface area contributed by atoms with Crippen LogP contribution >= 0.6 is 11.8 Å². The highest BCUT2D eigenvalue weighted by Gasteiger charge is 2.30. The first kappa shape index (κ1) is 49.4. The minimum absolute atomic E-state index is 0. The van der Waals surface area contributed by atoms with Gasteiger partial charge in [0.05, 0.1) is 47.6 Å². The lowest BCUT2D eigenvalue weighted by molar-refractivity contribution is 0.324. The van der Waals surface area contributed by atoms with Crippen molar-refractivity contribution < 1.29 is 28.4 Å². The fourth-order valence-corrected chi connectivity index (χ4v) is 7.92. The van der Waals surface area contributed by atoms with Gasteiger partial charge >= 0.3 is 0 Å². The molecule has 10 nitrogen and oxygen atoms in total. The van der Waals surface area contributed by atoms with Gasteiger partial charge in [-0.2, -0.15) is 0 Å². The molecule has 4 aromatic rings. The van der Waals surface area contributed by atoms with Crippen molar-refractivity contribution in [3.05, 3.63) is 96.8 Å². The van der Waals surface area contributed by atoms with Crippen LogP contribution < -0.4 is 49.9 Å². The van der Waals surface area contributed by atoms with Gasteiger partial charge in [0.25, 0.3) is 0 Å². The number of nitrogens with one attached hydrogen (secondary N) is 2. The Labute approximate surface area is 351 Å². The first-order valence-electron chi connectivity index (χ1n) is 18.9. The third-order valence-electron chi connectivity index (χ3n) is 10.2. The smallest absolute Gasteiger partial charge is 0.203 e. The largest absolute Gasteiger partial charge is 0.493 e. The van der Waals surface area contributed by atoms with Crippen molar-refractivity contribution in [2.75, 3.05) is 63.0 Å². The zero-order valence-corrected chi connectivity index (χ0v) is 35.8. The predicted molar refractivity (Wildman–Crippen MR) is 242 cm³/mol. The summed E-state index contributed by atoms with van der Waals surface area (Å²) in [6, 6.07) is 15.5. The Hall–Kier alpha value is -4.71. The summed E-state index contributed by atoms with van der Waals surface area (Å²) in [4.78, 5) is 25.8. The summed E-state index contributed by atoms with van der Waals surface area (Å²) >= 11 is 1.46. The van der Waals surface area contributed by atoms with Crippen molar-refractivity contribution in [3.8, 4) is 56.8 Å². The van der Waals surface area contributed by atoms with E-state index in [4.69, 9.17) is 28.4 Å². The molecule has 0 fully saturated rings. The van der Waals surface area contributed by atoms with Gasteiger partial charge in [0.2, 0.25) is 11.5 Å². The van der Waals surface area contributed by atoms with E-state index in [1.165, 1.54) is 18.2 Å². The normalized spacial score (nSPS) is 14.4. The molecule has 0 amide bonds. The number of rotatable bonds is 9. The molecule has 2 atom stereocenters. The SMILES string of the molecule is C.C.CCC.CN[C@H]1CCc2cc(OC)c(OC)c(OC)c2-c2ccc(C)c(=O)cc21.CN[C@H]1CCc2cc(OC)c(OC)c(OC)c2-c2ccc(SC)c(=O)cc21. The second-order valence-electron chi connectivity index (χ2n) is 13.5. The van der Waals surface area contributed by atoms with Crippen LogP contribution in [0.3, 0.4) is 0 Å². The highest BCUT2D eigenvalue weighted by Crippen LogP contribution is 2.51. The highest BCUT2D eigenvalue weighted by atomic mass is 32.2. The predicted octanol–water partition coefficient (Wildman–Crippen LogP) is 9.61. The summed E-state index contributed by atoms with van der Waals surface area (Å²) in [6.07, 6.45) is 6.58. The maximum Gasteiger partial charge on any atom is 0.203 e. The molecule has 0 heterocycles. The standard InChI is InChI=1S/C21H25NO4S.C21H25NO4.C3H8.2CH4/c1-22-15-8-6-12-10-17(24-2)20(25-3)21(26-4)19(12)13-7-9-18(27-5)16(23)11-14(13)15;1-12-6-8-14-15(11-17(12)23)16(22-2)9-7-13-10-18(24-3)20(25-4)21(26-5)19(13)14;1-3-2;;/h7,9-11,15,22H,6,8H2,1-5H3;6,8,10-11,16,22H,7,9H2,1-5H3;3H2,1-2H3;2*1H4/t15-;16-;;;/m00.../s1. The second kappa shape index (κ2) is 23.0. The number of benzene rings is 2. The first-order valence-corrected chi connectivity index (χ1v) is 20.1. The van der Waals surface area contributed by atoms with Gasteiger partial charge in [-0.05, 0) is 122 Å². The topological polar surface area (TPSA) is 114 Å². The summed E-state index contributed by atoms with van der Waals surface area (Å²) in [7, 11) is 13.6. The van der Waals surface area contributed by atoms with Crippen molar-refractivity contribution in [1.29, 1.82) is 0 Å². The molecule has 6 rings (SSSR count). The van der Waals surface area contributed by atoms with Crippen LogP contribution in [0.15, 0.2) is 63.0 Å². The number of thioether (sulfide) groups is 1. The van der Waals surface area contributed by atoms with Crippen molar-refractivity contribution in [1.82, 2.24) is 10.6 Å². The van der Waals surface area contributed by atoms with Gasteiger partial charge in [-0.25, -0.2) is 0 Å². The van der Waals surface area contributed by atoms with E-state index in [1.807, 2.05) is 63.7 Å². The molecule has 0 bridgehead atoms. The molecule has 318 valence electrons. The van der Waals surface area contributed by atoms with E-state index in [2.05, 4.69) is 24.5 Å². The van der Waals surface area contributed by atoms with E-state index in [-0.39, 0.29) is 37.8 Å². The third-order valence-corrected chi connectivity index (χ3v) is 10.9. The molecule has 2 aliphatic carbocycles. The van der Waals surface area contributed by atoms with Crippen LogP contribution in [0.25, 0.3) is 22.3 Å². The fourth-order valence-electron chi connectivity index (χ4n) is 7.46. The van der Waals surface area contributed by atoms with Crippen molar-refractivity contribution in [3.63, 3.8) is 0 Å². The lowest BCUT2D eigenvalue weighted by Gasteiger charge is -2.19. The lowest BCUT2D eigenvalue weighted by atomic mass is 9.95. The second-order valence-corrected chi connectivity index (χ2v) is 14.3. The van der Waals surface area contributed by atoms with Crippen molar-refractivity contribution >= 4 is 11.8 Å². The van der Waals surface area contributed by atoms with Crippen LogP contribution in [0.2, 0.25) is 0 Å². The molecular formula is C47H66N2O8S.